The topological polar surface area (TPSA) is 37.3 Å². The molecule has 0 saturated carbocycles. The summed E-state index contributed by atoms with van der Waals surface area (Å²) in [6, 6.07) is 0. The number of hydrogen-bond donors (Lipinski definition) is 1. The zero-order valence-electron chi connectivity index (χ0n) is 35.7. The SMILES string of the molecule is CCCCCCCCCCCCCCCC/C(=C\CC(CCCCCCCCCCCC)CCCCCCCCCCCCCCCC)C(=O)O. The highest BCUT2D eigenvalue weighted by molar-refractivity contribution is 5.86. The first-order valence-corrected chi connectivity index (χ1v) is 24.1. The minimum absolute atomic E-state index is 0.668. The van der Waals surface area contributed by atoms with Crippen LogP contribution in [-0.2, 0) is 4.79 Å². The quantitative estimate of drug-likeness (QED) is 0.0503. The summed E-state index contributed by atoms with van der Waals surface area (Å²) in [5.74, 6) is 0.000865. The van der Waals surface area contributed by atoms with Crippen LogP contribution in [0, 0.1) is 5.92 Å². The minimum atomic E-state index is -0.668. The van der Waals surface area contributed by atoms with Crippen LogP contribution in [0.1, 0.15) is 290 Å². The lowest BCUT2D eigenvalue weighted by Gasteiger charge is -2.16. The molecule has 304 valence electrons. The van der Waals surface area contributed by atoms with Gasteiger partial charge in [-0.1, -0.05) is 277 Å². The van der Waals surface area contributed by atoms with Crippen LogP contribution in [0.4, 0.5) is 0 Å². The minimum Gasteiger partial charge on any atom is -0.478 e. The summed E-state index contributed by atoms with van der Waals surface area (Å²) in [6.07, 6.45) is 58.9. The molecule has 0 aliphatic heterocycles. The van der Waals surface area contributed by atoms with Crippen molar-refractivity contribution in [3.05, 3.63) is 11.6 Å². The van der Waals surface area contributed by atoms with E-state index in [9.17, 15) is 9.90 Å². The van der Waals surface area contributed by atoms with Crippen LogP contribution in [0.3, 0.4) is 0 Å². The Morgan fingerprint density at radius 1 is 0.373 bits per heavy atom. The van der Waals surface area contributed by atoms with E-state index < -0.39 is 5.97 Å². The van der Waals surface area contributed by atoms with Crippen molar-refractivity contribution >= 4 is 5.97 Å². The Balaban J connectivity index is 4.32. The fourth-order valence-corrected chi connectivity index (χ4v) is 8.04. The van der Waals surface area contributed by atoms with Crippen LogP contribution in [-0.4, -0.2) is 11.1 Å². The van der Waals surface area contributed by atoms with E-state index in [2.05, 4.69) is 26.8 Å². The predicted molar refractivity (Wildman–Crippen MR) is 230 cm³/mol. The molecule has 0 aliphatic carbocycles. The van der Waals surface area contributed by atoms with Gasteiger partial charge in [0, 0.05) is 5.57 Å². The van der Waals surface area contributed by atoms with Crippen molar-refractivity contribution in [2.45, 2.75) is 290 Å². The highest BCUT2D eigenvalue weighted by Crippen LogP contribution is 2.25. The van der Waals surface area contributed by atoms with Crippen molar-refractivity contribution < 1.29 is 9.90 Å². The molecule has 2 nitrogen and oxygen atoms in total. The summed E-state index contributed by atoms with van der Waals surface area (Å²) in [5.41, 5.74) is 0.697. The van der Waals surface area contributed by atoms with Gasteiger partial charge in [-0.3, -0.25) is 0 Å². The number of carboxylic acids is 1. The smallest absolute Gasteiger partial charge is 0.331 e. The highest BCUT2D eigenvalue weighted by atomic mass is 16.4. The third kappa shape index (κ3) is 40.2. The number of allylic oxidation sites excluding steroid dienone is 1. The molecule has 1 atom stereocenters. The predicted octanol–water partition coefficient (Wildman–Crippen LogP) is 18.1. The van der Waals surface area contributed by atoms with Crippen LogP contribution in [0.2, 0.25) is 0 Å². The molecular formula is C49H96O2. The maximum absolute atomic E-state index is 12.1. The molecule has 0 fully saturated rings. The standard InChI is InChI=1S/C49H96O2/c1-4-7-10-13-16-19-22-24-26-28-31-34-37-40-43-47(42-39-36-33-30-21-18-15-12-9-6-3)45-46-48(49(50)51)44-41-38-35-32-29-27-25-23-20-17-14-11-8-5-2/h46-47H,4-45H2,1-3H3,(H,50,51)/b48-46+. The molecule has 0 aromatic rings. The van der Waals surface area contributed by atoms with Gasteiger partial charge in [0.15, 0.2) is 0 Å². The lowest BCUT2D eigenvalue weighted by Crippen LogP contribution is -2.05. The Morgan fingerprint density at radius 2 is 0.608 bits per heavy atom. The van der Waals surface area contributed by atoms with E-state index in [1.807, 2.05) is 0 Å². The summed E-state index contributed by atoms with van der Waals surface area (Å²) < 4.78 is 0. The van der Waals surface area contributed by atoms with Crippen LogP contribution < -0.4 is 0 Å². The van der Waals surface area contributed by atoms with Crippen LogP contribution in [0.15, 0.2) is 11.6 Å². The van der Waals surface area contributed by atoms with Gasteiger partial charge in [-0.2, -0.15) is 0 Å². The first-order chi connectivity index (χ1) is 25.2. The fraction of sp³-hybridized carbons (Fsp3) is 0.939. The second-order valence-corrected chi connectivity index (χ2v) is 16.8. The van der Waals surface area contributed by atoms with Crippen LogP contribution in [0.25, 0.3) is 0 Å². The molecular weight excluding hydrogens is 621 g/mol. The second kappa shape index (κ2) is 43.6. The van der Waals surface area contributed by atoms with Gasteiger partial charge in [0.05, 0.1) is 0 Å². The molecule has 0 radical (unpaired) electrons. The fourth-order valence-electron chi connectivity index (χ4n) is 8.04. The average molecular weight is 717 g/mol. The van der Waals surface area contributed by atoms with Crippen LogP contribution >= 0.6 is 0 Å². The molecule has 0 rings (SSSR count). The Bertz CT molecular complexity index is 696. The molecule has 0 saturated heterocycles. The zero-order chi connectivity index (χ0) is 37.1. The number of carbonyl (C=O) groups is 1. The normalized spacial score (nSPS) is 12.6. The number of aliphatic carboxylic acids is 1. The largest absolute Gasteiger partial charge is 0.478 e. The monoisotopic (exact) mass is 717 g/mol. The van der Waals surface area contributed by atoms with Crippen molar-refractivity contribution in [1.29, 1.82) is 0 Å². The molecule has 0 aliphatic rings. The van der Waals surface area contributed by atoms with E-state index in [1.165, 1.54) is 250 Å². The third-order valence-electron chi connectivity index (χ3n) is 11.7. The first-order valence-electron chi connectivity index (χ1n) is 24.1. The van der Waals surface area contributed by atoms with E-state index in [-0.39, 0.29) is 0 Å². The average Bonchev–Trinajstić information content (AvgIpc) is 3.13. The summed E-state index contributed by atoms with van der Waals surface area (Å²) in [5, 5.41) is 9.99. The Hall–Kier alpha value is -0.790. The van der Waals surface area contributed by atoms with Crippen molar-refractivity contribution in [2.75, 3.05) is 0 Å². The maximum Gasteiger partial charge on any atom is 0.331 e. The van der Waals surface area contributed by atoms with E-state index in [4.69, 9.17) is 0 Å². The number of rotatable bonds is 44. The Morgan fingerprint density at radius 3 is 0.863 bits per heavy atom. The summed E-state index contributed by atoms with van der Waals surface area (Å²) in [7, 11) is 0. The van der Waals surface area contributed by atoms with Gasteiger partial charge in [-0.15, -0.1) is 0 Å². The molecule has 0 bridgehead atoms. The lowest BCUT2D eigenvalue weighted by atomic mass is 9.90. The van der Waals surface area contributed by atoms with Gasteiger partial charge >= 0.3 is 5.97 Å². The van der Waals surface area contributed by atoms with Gasteiger partial charge < -0.3 is 5.11 Å². The van der Waals surface area contributed by atoms with Crippen molar-refractivity contribution in [3.8, 4) is 0 Å². The molecule has 0 amide bonds. The lowest BCUT2D eigenvalue weighted by molar-refractivity contribution is -0.132. The first kappa shape index (κ1) is 50.2. The van der Waals surface area contributed by atoms with Crippen molar-refractivity contribution in [3.63, 3.8) is 0 Å². The maximum atomic E-state index is 12.1. The molecule has 2 heteroatoms. The van der Waals surface area contributed by atoms with Gasteiger partial charge in [-0.25, -0.2) is 4.79 Å². The molecule has 0 aromatic heterocycles. The molecule has 0 spiro atoms. The molecule has 1 unspecified atom stereocenters. The number of carboxylic acid groups (broad SMARTS) is 1. The van der Waals surface area contributed by atoms with E-state index in [0.717, 1.165) is 19.3 Å². The van der Waals surface area contributed by atoms with Crippen LogP contribution in [0.5, 0.6) is 0 Å². The van der Waals surface area contributed by atoms with Gasteiger partial charge in [0.1, 0.15) is 0 Å². The molecule has 0 aromatic carbocycles. The van der Waals surface area contributed by atoms with E-state index in [0.29, 0.717) is 11.5 Å². The third-order valence-corrected chi connectivity index (χ3v) is 11.7. The zero-order valence-corrected chi connectivity index (χ0v) is 35.7. The Kier molecular flexibility index (Phi) is 42.9. The summed E-state index contributed by atoms with van der Waals surface area (Å²) in [4.78, 5) is 12.1. The van der Waals surface area contributed by atoms with Gasteiger partial charge in [0.25, 0.3) is 0 Å². The van der Waals surface area contributed by atoms with E-state index >= 15 is 0 Å². The van der Waals surface area contributed by atoms with Crippen molar-refractivity contribution in [2.24, 2.45) is 5.92 Å². The highest BCUT2D eigenvalue weighted by Gasteiger charge is 2.12. The summed E-state index contributed by atoms with van der Waals surface area (Å²) >= 11 is 0. The van der Waals surface area contributed by atoms with Gasteiger partial charge in [-0.05, 0) is 25.2 Å². The number of unbranched alkanes of at least 4 members (excludes halogenated alkanes) is 35. The second-order valence-electron chi connectivity index (χ2n) is 16.8. The Labute approximate surface area is 323 Å². The molecule has 1 N–H and O–H groups in total. The van der Waals surface area contributed by atoms with Crippen molar-refractivity contribution in [1.82, 2.24) is 0 Å². The van der Waals surface area contributed by atoms with Gasteiger partial charge in [0.2, 0.25) is 0 Å². The molecule has 0 heterocycles. The molecule has 51 heavy (non-hydrogen) atoms. The van der Waals surface area contributed by atoms with E-state index in [1.54, 1.807) is 0 Å². The number of hydrogen-bond acceptors (Lipinski definition) is 1. The summed E-state index contributed by atoms with van der Waals surface area (Å²) in [6.45, 7) is 6.89.